The Morgan fingerprint density at radius 2 is 1.88 bits per heavy atom. The summed E-state index contributed by atoms with van der Waals surface area (Å²) >= 11 is 0. The van der Waals surface area contributed by atoms with Crippen molar-refractivity contribution in [2.75, 3.05) is 14.2 Å². The lowest BCUT2D eigenvalue weighted by Gasteiger charge is -2.29. The van der Waals surface area contributed by atoms with E-state index in [9.17, 15) is 9.59 Å². The van der Waals surface area contributed by atoms with Crippen LogP contribution in [0, 0.1) is 0 Å². The first-order valence-corrected chi connectivity index (χ1v) is 8.10. The molecule has 1 aromatic rings. The second kappa shape index (κ2) is 6.59. The lowest BCUT2D eigenvalue weighted by molar-refractivity contribution is -0.120. The Morgan fingerprint density at radius 1 is 1.12 bits per heavy atom. The van der Waals surface area contributed by atoms with Crippen LogP contribution in [-0.2, 0) is 16.0 Å². The summed E-state index contributed by atoms with van der Waals surface area (Å²) in [5, 5.41) is 3.03. The van der Waals surface area contributed by atoms with Gasteiger partial charge in [-0.2, -0.15) is 0 Å². The Bertz CT molecular complexity index is 845. The molecular weight excluding hydrogens is 318 g/mol. The van der Waals surface area contributed by atoms with Crippen LogP contribution in [0.2, 0.25) is 0 Å². The van der Waals surface area contributed by atoms with Crippen molar-refractivity contribution in [3.05, 3.63) is 58.3 Å². The van der Waals surface area contributed by atoms with E-state index in [1.807, 2.05) is 13.0 Å². The van der Waals surface area contributed by atoms with Crippen LogP contribution in [0.1, 0.15) is 19.4 Å². The number of carbonyl (C=O) groups is 2. The molecule has 0 bridgehead atoms. The fourth-order valence-corrected chi connectivity index (χ4v) is 3.22. The lowest BCUT2D eigenvalue weighted by Crippen LogP contribution is -2.44. The van der Waals surface area contributed by atoms with Crippen LogP contribution in [0.4, 0.5) is 0 Å². The molecule has 1 N–H and O–H groups in total. The van der Waals surface area contributed by atoms with Gasteiger partial charge in [0.1, 0.15) is 17.5 Å². The molecule has 1 aromatic carbocycles. The van der Waals surface area contributed by atoms with Gasteiger partial charge in [0.2, 0.25) is 0 Å². The second-order valence-corrected chi connectivity index (χ2v) is 6.24. The minimum atomic E-state index is -0.577. The summed E-state index contributed by atoms with van der Waals surface area (Å²) in [5.41, 5.74) is 3.25. The number of Topliss-reactive ketones (excluding diaryl/α,β-unsaturated/α-hetero) is 2. The summed E-state index contributed by atoms with van der Waals surface area (Å²) in [6.07, 6.45) is 3.88. The molecular formula is C20H21NO4. The maximum atomic E-state index is 13.0. The van der Waals surface area contributed by atoms with Crippen LogP contribution in [-0.4, -0.2) is 31.8 Å². The standard InChI is InChI=1S/C20H21NO4/c1-11-7-16-18(21-10-11)19(22)12(2)15(20(16)23)9-13-8-14(24-3)5-6-17(13)25-4/h5-8,10,18,21H,9H2,1-4H3. The van der Waals surface area contributed by atoms with Gasteiger partial charge in [0.05, 0.1) is 14.2 Å². The normalized spacial score (nSPS) is 19.8. The summed E-state index contributed by atoms with van der Waals surface area (Å²) in [4.78, 5) is 25.7. The van der Waals surface area contributed by atoms with Gasteiger partial charge in [0.15, 0.2) is 11.6 Å². The zero-order chi connectivity index (χ0) is 18.1. The van der Waals surface area contributed by atoms with Gasteiger partial charge in [0.25, 0.3) is 0 Å². The number of rotatable bonds is 4. The first-order valence-electron chi connectivity index (χ1n) is 8.10. The third-order valence-corrected chi connectivity index (χ3v) is 4.65. The van der Waals surface area contributed by atoms with Crippen molar-refractivity contribution in [2.24, 2.45) is 0 Å². The van der Waals surface area contributed by atoms with Crippen LogP contribution in [0.3, 0.4) is 0 Å². The van der Waals surface area contributed by atoms with Crippen LogP contribution < -0.4 is 14.8 Å². The van der Waals surface area contributed by atoms with E-state index in [4.69, 9.17) is 9.47 Å². The molecule has 0 spiro atoms. The van der Waals surface area contributed by atoms with Gasteiger partial charge in [-0.1, -0.05) is 0 Å². The van der Waals surface area contributed by atoms with Crippen molar-refractivity contribution >= 4 is 11.6 Å². The Morgan fingerprint density at radius 3 is 2.56 bits per heavy atom. The Hall–Kier alpha value is -2.82. The highest BCUT2D eigenvalue weighted by Gasteiger charge is 2.37. The maximum Gasteiger partial charge on any atom is 0.188 e. The number of benzene rings is 1. The molecule has 5 nitrogen and oxygen atoms in total. The van der Waals surface area contributed by atoms with Crippen LogP contribution in [0.15, 0.2) is 52.8 Å². The monoisotopic (exact) mass is 339 g/mol. The molecule has 2 aliphatic rings. The fourth-order valence-electron chi connectivity index (χ4n) is 3.22. The average Bonchev–Trinajstić information content (AvgIpc) is 2.63. The molecule has 0 saturated carbocycles. The number of dihydropyridines is 1. The number of allylic oxidation sites excluding steroid dienone is 3. The summed E-state index contributed by atoms with van der Waals surface area (Å²) in [6.45, 7) is 3.61. The maximum absolute atomic E-state index is 13.0. The van der Waals surface area contributed by atoms with Crippen molar-refractivity contribution in [1.82, 2.24) is 5.32 Å². The molecule has 0 radical (unpaired) electrons. The molecule has 3 rings (SSSR count). The van der Waals surface area contributed by atoms with Crippen LogP contribution >= 0.6 is 0 Å². The summed E-state index contributed by atoms with van der Waals surface area (Å²) < 4.78 is 10.7. The number of nitrogens with one attached hydrogen (secondary N) is 1. The zero-order valence-electron chi connectivity index (χ0n) is 14.8. The van der Waals surface area contributed by atoms with Gasteiger partial charge in [-0.3, -0.25) is 9.59 Å². The van der Waals surface area contributed by atoms with Crippen molar-refractivity contribution < 1.29 is 19.1 Å². The number of carbonyl (C=O) groups excluding carboxylic acids is 2. The summed E-state index contributed by atoms with van der Waals surface area (Å²) in [6, 6.07) is 4.86. The van der Waals surface area contributed by atoms with E-state index in [2.05, 4.69) is 5.32 Å². The Labute approximate surface area is 147 Å². The third kappa shape index (κ3) is 2.97. The average molecular weight is 339 g/mol. The van der Waals surface area contributed by atoms with Gasteiger partial charge in [0, 0.05) is 34.9 Å². The second-order valence-electron chi connectivity index (χ2n) is 6.24. The number of ketones is 2. The SMILES string of the molecule is COc1ccc(OC)c(CC2=C(C)C(=O)C3NC=C(C)C=C3C2=O)c1. The predicted octanol–water partition coefficient (Wildman–Crippen LogP) is 2.52. The number of hydrogen-bond donors (Lipinski definition) is 1. The highest BCUT2D eigenvalue weighted by molar-refractivity contribution is 6.23. The van der Waals surface area contributed by atoms with Gasteiger partial charge in [-0.15, -0.1) is 0 Å². The van der Waals surface area contributed by atoms with E-state index in [0.717, 1.165) is 11.1 Å². The van der Waals surface area contributed by atoms with Gasteiger partial charge in [-0.05, 0) is 43.7 Å². The largest absolute Gasteiger partial charge is 0.497 e. The third-order valence-electron chi connectivity index (χ3n) is 4.65. The minimum Gasteiger partial charge on any atom is -0.497 e. The number of fused-ring (bicyclic) bond motifs is 1. The number of methoxy groups -OCH3 is 2. The van der Waals surface area contributed by atoms with Crippen LogP contribution in [0.5, 0.6) is 11.5 Å². The van der Waals surface area contributed by atoms with E-state index >= 15 is 0 Å². The molecule has 1 aliphatic heterocycles. The van der Waals surface area contributed by atoms with Crippen LogP contribution in [0.25, 0.3) is 0 Å². The fraction of sp³-hybridized carbons (Fsp3) is 0.300. The van der Waals surface area contributed by atoms with Crippen molar-refractivity contribution in [2.45, 2.75) is 26.3 Å². The Balaban J connectivity index is 2.04. The molecule has 0 aromatic heterocycles. The molecule has 0 amide bonds. The molecule has 1 aliphatic carbocycles. The molecule has 5 heteroatoms. The van der Waals surface area contributed by atoms with E-state index < -0.39 is 6.04 Å². The molecule has 1 unspecified atom stereocenters. The molecule has 0 fully saturated rings. The zero-order valence-corrected chi connectivity index (χ0v) is 14.8. The minimum absolute atomic E-state index is 0.0635. The number of hydrogen-bond acceptors (Lipinski definition) is 5. The van der Waals surface area contributed by atoms with Crippen molar-refractivity contribution in [1.29, 1.82) is 0 Å². The molecule has 25 heavy (non-hydrogen) atoms. The molecule has 1 heterocycles. The van der Waals surface area contributed by atoms with Crippen molar-refractivity contribution in [3.8, 4) is 11.5 Å². The van der Waals surface area contributed by atoms with Gasteiger partial charge < -0.3 is 14.8 Å². The topological polar surface area (TPSA) is 64.6 Å². The van der Waals surface area contributed by atoms with Crippen molar-refractivity contribution in [3.63, 3.8) is 0 Å². The lowest BCUT2D eigenvalue weighted by atomic mass is 9.79. The van der Waals surface area contributed by atoms with E-state index in [1.54, 1.807) is 45.6 Å². The van der Waals surface area contributed by atoms with Gasteiger partial charge in [-0.25, -0.2) is 0 Å². The van der Waals surface area contributed by atoms with E-state index in [-0.39, 0.29) is 11.6 Å². The summed E-state index contributed by atoms with van der Waals surface area (Å²) in [5.74, 6) is 1.19. The molecule has 1 atom stereocenters. The van der Waals surface area contributed by atoms with Gasteiger partial charge >= 0.3 is 0 Å². The predicted molar refractivity (Wildman–Crippen MR) is 94.7 cm³/mol. The molecule has 0 saturated heterocycles. The highest BCUT2D eigenvalue weighted by Crippen LogP contribution is 2.32. The first kappa shape index (κ1) is 17.0. The van der Waals surface area contributed by atoms with E-state index in [0.29, 0.717) is 34.6 Å². The highest BCUT2D eigenvalue weighted by atomic mass is 16.5. The van der Waals surface area contributed by atoms with E-state index in [1.165, 1.54) is 0 Å². The molecule has 130 valence electrons. The first-order chi connectivity index (χ1) is 12.0. The Kier molecular flexibility index (Phi) is 4.49. The number of ether oxygens (including phenoxy) is 2. The smallest absolute Gasteiger partial charge is 0.188 e. The quantitative estimate of drug-likeness (QED) is 0.913. The summed E-state index contributed by atoms with van der Waals surface area (Å²) in [7, 11) is 3.17.